The minimum Gasteiger partial charge on any atom is -0.224 e. The van der Waals surface area contributed by atoms with E-state index in [9.17, 15) is 13.2 Å². The molecule has 0 aliphatic heterocycles. The van der Waals surface area contributed by atoms with Gasteiger partial charge in [0.15, 0.2) is 5.82 Å². The van der Waals surface area contributed by atoms with Crippen molar-refractivity contribution in [3.63, 3.8) is 0 Å². The van der Waals surface area contributed by atoms with Crippen LogP contribution in [0.4, 0.5) is 13.2 Å². The lowest BCUT2D eigenvalue weighted by Gasteiger charge is -2.10. The van der Waals surface area contributed by atoms with E-state index in [0.29, 0.717) is 5.69 Å². The Bertz CT molecular complexity index is 799. The van der Waals surface area contributed by atoms with Gasteiger partial charge in [0, 0.05) is 16.7 Å². The molecule has 0 saturated heterocycles. The Hall–Kier alpha value is -2.41. The van der Waals surface area contributed by atoms with Gasteiger partial charge in [-0.1, -0.05) is 47.1 Å². The third-order valence-electron chi connectivity index (χ3n) is 2.90. The highest BCUT2D eigenvalue weighted by atomic mass is 35.5. The zero-order valence-corrected chi connectivity index (χ0v) is 11.7. The highest BCUT2D eigenvalue weighted by molar-refractivity contribution is 6.30. The topological polar surface area (TPSA) is 43.6 Å². The smallest absolute Gasteiger partial charge is 0.224 e. The summed E-state index contributed by atoms with van der Waals surface area (Å²) in [5, 5.41) is 7.47. The number of pyridine rings is 1. The number of rotatable bonds is 2. The van der Waals surface area contributed by atoms with E-state index < -0.39 is 11.9 Å². The van der Waals surface area contributed by atoms with Gasteiger partial charge in [-0.05, 0) is 6.07 Å². The summed E-state index contributed by atoms with van der Waals surface area (Å²) in [7, 11) is 0. The van der Waals surface area contributed by atoms with E-state index in [-0.39, 0.29) is 10.8 Å². The number of benzene rings is 1. The van der Waals surface area contributed by atoms with Crippen LogP contribution in [0.25, 0.3) is 17.1 Å². The summed E-state index contributed by atoms with van der Waals surface area (Å²) < 4.78 is 39.8. The lowest BCUT2D eigenvalue weighted by atomic mass is 10.2. The van der Waals surface area contributed by atoms with Crippen molar-refractivity contribution in [1.29, 1.82) is 0 Å². The summed E-state index contributed by atoms with van der Waals surface area (Å²) in [5.41, 5.74) is 0.191. The van der Waals surface area contributed by atoms with Gasteiger partial charge >= 0.3 is 6.18 Å². The van der Waals surface area contributed by atoms with Crippen molar-refractivity contribution >= 4 is 11.6 Å². The van der Waals surface area contributed by atoms with Crippen molar-refractivity contribution in [2.45, 2.75) is 6.18 Å². The predicted molar refractivity (Wildman–Crippen MR) is 74.6 cm³/mol. The number of hydrogen-bond acceptors (Lipinski definition) is 3. The summed E-state index contributed by atoms with van der Waals surface area (Å²) in [4.78, 5) is 3.58. The first-order valence-electron chi connectivity index (χ1n) is 6.16. The first kappa shape index (κ1) is 14.5. The van der Waals surface area contributed by atoms with Crippen LogP contribution in [-0.4, -0.2) is 20.0 Å². The molecule has 112 valence electrons. The monoisotopic (exact) mass is 324 g/mol. The lowest BCUT2D eigenvalue weighted by Crippen LogP contribution is -2.11. The minimum atomic E-state index is -4.59. The minimum absolute atomic E-state index is 0.0452. The molecule has 3 rings (SSSR count). The van der Waals surface area contributed by atoms with Crippen LogP contribution in [0.3, 0.4) is 0 Å². The van der Waals surface area contributed by atoms with E-state index in [1.54, 1.807) is 24.3 Å². The van der Waals surface area contributed by atoms with Crippen LogP contribution < -0.4 is 0 Å². The Labute approximate surface area is 128 Å². The zero-order valence-electron chi connectivity index (χ0n) is 10.9. The largest absolute Gasteiger partial charge is 0.433 e. The van der Waals surface area contributed by atoms with Gasteiger partial charge in [0.2, 0.25) is 0 Å². The first-order valence-corrected chi connectivity index (χ1v) is 6.54. The van der Waals surface area contributed by atoms with Crippen LogP contribution in [0, 0.1) is 0 Å². The van der Waals surface area contributed by atoms with Crippen LogP contribution in [0.15, 0.2) is 48.7 Å². The van der Waals surface area contributed by atoms with Gasteiger partial charge in [-0.3, -0.25) is 0 Å². The maximum Gasteiger partial charge on any atom is 0.433 e. The van der Waals surface area contributed by atoms with Gasteiger partial charge in [0.1, 0.15) is 5.69 Å². The third-order valence-corrected chi connectivity index (χ3v) is 3.12. The second-order valence-corrected chi connectivity index (χ2v) is 4.86. The summed E-state index contributed by atoms with van der Waals surface area (Å²) in [6.07, 6.45) is -3.14. The number of nitrogens with zero attached hydrogens (tertiary/aromatic N) is 4. The number of hydrogen-bond donors (Lipinski definition) is 0. The molecule has 8 heteroatoms. The number of aromatic nitrogens is 4. The molecule has 3 aromatic rings. The summed E-state index contributed by atoms with van der Waals surface area (Å²) >= 11 is 5.77. The van der Waals surface area contributed by atoms with E-state index in [1.807, 2.05) is 6.07 Å². The summed E-state index contributed by atoms with van der Waals surface area (Å²) in [5.74, 6) is -0.0452. The fourth-order valence-electron chi connectivity index (χ4n) is 1.95. The Kier molecular flexibility index (Phi) is 3.58. The molecule has 0 amide bonds. The fraction of sp³-hybridized carbons (Fsp3) is 0.0714. The predicted octanol–water partition coefficient (Wildman–Crippen LogP) is 4.00. The zero-order chi connectivity index (χ0) is 15.7. The van der Waals surface area contributed by atoms with Crippen LogP contribution in [0.1, 0.15) is 5.69 Å². The maximum absolute atomic E-state index is 12.8. The molecule has 2 heterocycles. The van der Waals surface area contributed by atoms with Crippen LogP contribution >= 0.6 is 11.6 Å². The molecule has 0 radical (unpaired) electrons. The van der Waals surface area contributed by atoms with Gasteiger partial charge in [0.25, 0.3) is 0 Å². The fourth-order valence-corrected chi connectivity index (χ4v) is 2.15. The molecule has 0 spiro atoms. The highest BCUT2D eigenvalue weighted by Gasteiger charge is 2.33. The quantitative estimate of drug-likeness (QED) is 0.715. The second-order valence-electron chi connectivity index (χ2n) is 4.42. The van der Waals surface area contributed by atoms with E-state index in [2.05, 4.69) is 15.3 Å². The molecular weight excluding hydrogens is 317 g/mol. The van der Waals surface area contributed by atoms with Crippen molar-refractivity contribution in [2.24, 2.45) is 0 Å². The summed E-state index contributed by atoms with van der Waals surface area (Å²) in [6, 6.07) is 11.1. The molecule has 0 bridgehead atoms. The van der Waals surface area contributed by atoms with E-state index >= 15 is 0 Å². The van der Waals surface area contributed by atoms with E-state index in [1.165, 1.54) is 16.9 Å². The Balaban J connectivity index is 2.14. The van der Waals surface area contributed by atoms with Crippen molar-refractivity contribution in [3.05, 3.63) is 59.4 Å². The van der Waals surface area contributed by atoms with Crippen LogP contribution in [0.5, 0.6) is 0 Å². The molecule has 0 N–H and O–H groups in total. The van der Waals surface area contributed by atoms with E-state index in [4.69, 9.17) is 11.6 Å². The maximum atomic E-state index is 12.8. The standard InChI is InChI=1S/C14H8ClF3N4/c15-10-6-12(14(16,17)18)20-13(7-10)22-11(8-19-21-22)9-4-2-1-3-5-9/h1-8H. The molecule has 0 unspecified atom stereocenters. The molecule has 0 aliphatic rings. The first-order chi connectivity index (χ1) is 10.4. The van der Waals surface area contributed by atoms with E-state index in [0.717, 1.165) is 11.6 Å². The third kappa shape index (κ3) is 2.80. The van der Waals surface area contributed by atoms with Crippen molar-refractivity contribution in [3.8, 4) is 17.1 Å². The van der Waals surface area contributed by atoms with Crippen LogP contribution in [0.2, 0.25) is 5.02 Å². The molecule has 0 aliphatic carbocycles. The molecule has 22 heavy (non-hydrogen) atoms. The average molecular weight is 325 g/mol. The lowest BCUT2D eigenvalue weighted by molar-refractivity contribution is -0.141. The Morgan fingerprint density at radius 3 is 2.45 bits per heavy atom. The number of halogens is 4. The second kappa shape index (κ2) is 5.42. The van der Waals surface area contributed by atoms with Gasteiger partial charge in [-0.15, -0.1) is 5.10 Å². The van der Waals surface area contributed by atoms with Gasteiger partial charge in [-0.25, -0.2) is 4.98 Å². The van der Waals surface area contributed by atoms with Gasteiger partial charge in [-0.2, -0.15) is 17.9 Å². The highest BCUT2D eigenvalue weighted by Crippen LogP contribution is 2.31. The summed E-state index contributed by atoms with van der Waals surface area (Å²) in [6.45, 7) is 0. The van der Waals surface area contributed by atoms with Crippen LogP contribution in [-0.2, 0) is 6.18 Å². The molecular formula is C14H8ClF3N4. The van der Waals surface area contributed by atoms with Gasteiger partial charge in [0.05, 0.1) is 11.9 Å². The Morgan fingerprint density at radius 2 is 1.77 bits per heavy atom. The van der Waals surface area contributed by atoms with Crippen molar-refractivity contribution < 1.29 is 13.2 Å². The molecule has 2 aromatic heterocycles. The number of alkyl halides is 3. The molecule has 0 fully saturated rings. The molecule has 4 nitrogen and oxygen atoms in total. The van der Waals surface area contributed by atoms with Crippen molar-refractivity contribution in [1.82, 2.24) is 20.0 Å². The molecule has 1 aromatic carbocycles. The average Bonchev–Trinajstić information content (AvgIpc) is 2.96. The van der Waals surface area contributed by atoms with Crippen molar-refractivity contribution in [2.75, 3.05) is 0 Å². The molecule has 0 saturated carbocycles. The van der Waals surface area contributed by atoms with Gasteiger partial charge < -0.3 is 0 Å². The SMILES string of the molecule is FC(F)(F)c1cc(Cl)cc(-n2nncc2-c2ccccc2)n1. The normalized spacial score (nSPS) is 11.6. The molecule has 0 atom stereocenters. The Morgan fingerprint density at radius 1 is 1.05 bits per heavy atom.